The number of nitrogens with one attached hydrogen (secondary N) is 1. The lowest BCUT2D eigenvalue weighted by Crippen LogP contribution is -2.35. The van der Waals surface area contributed by atoms with Gasteiger partial charge in [-0.2, -0.15) is 5.10 Å². The number of hydrazone groups is 1. The highest BCUT2D eigenvalue weighted by Gasteiger charge is 2.14. The van der Waals surface area contributed by atoms with E-state index in [1.165, 1.54) is 0 Å². The molecule has 1 fully saturated rings. The minimum Gasteiger partial charge on any atom is -0.496 e. The number of methoxy groups -OCH3 is 1. The molecular weight excluding hydrogens is 350 g/mol. The highest BCUT2D eigenvalue weighted by molar-refractivity contribution is 6.30. The summed E-state index contributed by atoms with van der Waals surface area (Å²) in [6.45, 7) is 6.28. The molecule has 0 amide bonds. The quantitative estimate of drug-likeness (QED) is 0.613. The molecule has 0 radical (unpaired) electrons. The molecular formula is C20H24ClN3O2. The van der Waals surface area contributed by atoms with Crippen molar-refractivity contribution in [1.82, 2.24) is 4.90 Å². The maximum atomic E-state index is 6.01. The molecule has 1 aliphatic heterocycles. The second-order valence-electron chi connectivity index (χ2n) is 6.23. The van der Waals surface area contributed by atoms with E-state index >= 15 is 0 Å². The van der Waals surface area contributed by atoms with E-state index in [9.17, 15) is 0 Å². The number of ether oxygens (including phenoxy) is 2. The van der Waals surface area contributed by atoms with Crippen molar-refractivity contribution in [2.45, 2.75) is 13.5 Å². The Hall–Kier alpha value is -2.08. The fraction of sp³-hybridized carbons (Fsp3) is 0.350. The van der Waals surface area contributed by atoms with Crippen molar-refractivity contribution >= 4 is 23.0 Å². The molecule has 1 saturated heterocycles. The molecule has 1 N–H and O–H groups in total. The van der Waals surface area contributed by atoms with E-state index in [1.807, 2.05) is 43.3 Å². The molecule has 0 unspecified atom stereocenters. The number of benzene rings is 2. The van der Waals surface area contributed by atoms with Crippen LogP contribution in [0.15, 0.2) is 47.6 Å². The first-order valence-corrected chi connectivity index (χ1v) is 9.07. The van der Waals surface area contributed by atoms with Gasteiger partial charge in [-0.25, -0.2) is 0 Å². The molecule has 0 aliphatic carbocycles. The zero-order valence-electron chi connectivity index (χ0n) is 15.2. The van der Waals surface area contributed by atoms with Gasteiger partial charge in [0.15, 0.2) is 0 Å². The third-order valence-electron chi connectivity index (χ3n) is 4.37. The predicted molar refractivity (Wildman–Crippen MR) is 106 cm³/mol. The van der Waals surface area contributed by atoms with E-state index in [4.69, 9.17) is 21.1 Å². The number of nitrogens with zero attached hydrogens (tertiary/aromatic N) is 2. The Labute approximate surface area is 159 Å². The lowest BCUT2D eigenvalue weighted by atomic mass is 10.1. The summed E-state index contributed by atoms with van der Waals surface area (Å²) in [5, 5.41) is 5.16. The Morgan fingerprint density at radius 2 is 2.04 bits per heavy atom. The minimum absolute atomic E-state index is 0.681. The number of hydrogen-bond acceptors (Lipinski definition) is 5. The largest absolute Gasteiger partial charge is 0.496 e. The standard InChI is InChI=1S/C20H24ClN3O2/c1-15(22-23-19-5-3-4-18(21)13-19)16-6-7-20(25-2)17(12-16)14-24-8-10-26-11-9-24/h3-7,12-13,23H,8-11,14H2,1-2H3/b22-15-. The molecule has 0 atom stereocenters. The van der Waals surface area contributed by atoms with Crippen LogP contribution >= 0.6 is 11.6 Å². The molecule has 2 aromatic rings. The van der Waals surface area contributed by atoms with Gasteiger partial charge in [-0.1, -0.05) is 17.7 Å². The Balaban J connectivity index is 1.75. The monoisotopic (exact) mass is 373 g/mol. The molecule has 0 aromatic heterocycles. The van der Waals surface area contributed by atoms with E-state index in [-0.39, 0.29) is 0 Å². The fourth-order valence-corrected chi connectivity index (χ4v) is 3.09. The highest BCUT2D eigenvalue weighted by atomic mass is 35.5. The van der Waals surface area contributed by atoms with Gasteiger partial charge >= 0.3 is 0 Å². The molecule has 0 saturated carbocycles. The van der Waals surface area contributed by atoms with Crippen LogP contribution in [0, 0.1) is 0 Å². The number of anilines is 1. The Bertz CT molecular complexity index is 773. The van der Waals surface area contributed by atoms with E-state index in [2.05, 4.69) is 21.5 Å². The zero-order chi connectivity index (χ0) is 18.4. The SMILES string of the molecule is COc1ccc(/C(C)=N\Nc2cccc(Cl)c2)cc1CN1CCOCC1. The van der Waals surface area contributed by atoms with Gasteiger partial charge in [-0.05, 0) is 48.9 Å². The van der Waals surface area contributed by atoms with E-state index in [0.717, 1.165) is 61.1 Å². The van der Waals surface area contributed by atoms with Crippen LogP contribution < -0.4 is 10.2 Å². The first-order chi connectivity index (χ1) is 12.7. The molecule has 1 heterocycles. The van der Waals surface area contributed by atoms with Crippen LogP contribution in [0.4, 0.5) is 5.69 Å². The number of halogens is 1. The smallest absolute Gasteiger partial charge is 0.123 e. The molecule has 26 heavy (non-hydrogen) atoms. The first-order valence-electron chi connectivity index (χ1n) is 8.69. The Morgan fingerprint density at radius 1 is 1.23 bits per heavy atom. The van der Waals surface area contributed by atoms with E-state index < -0.39 is 0 Å². The molecule has 6 heteroatoms. The van der Waals surface area contributed by atoms with Crippen LogP contribution in [0.25, 0.3) is 0 Å². The topological polar surface area (TPSA) is 46.1 Å². The third-order valence-corrected chi connectivity index (χ3v) is 4.61. The van der Waals surface area contributed by atoms with Gasteiger partial charge < -0.3 is 9.47 Å². The normalized spacial score (nSPS) is 15.7. The average Bonchev–Trinajstić information content (AvgIpc) is 2.67. The van der Waals surface area contributed by atoms with Crippen molar-refractivity contribution in [3.8, 4) is 5.75 Å². The van der Waals surface area contributed by atoms with Crippen LogP contribution in [0.1, 0.15) is 18.1 Å². The maximum absolute atomic E-state index is 6.01. The Morgan fingerprint density at radius 3 is 2.77 bits per heavy atom. The molecule has 1 aliphatic rings. The molecule has 2 aromatic carbocycles. The van der Waals surface area contributed by atoms with Crippen molar-refractivity contribution in [2.75, 3.05) is 38.8 Å². The van der Waals surface area contributed by atoms with Crippen molar-refractivity contribution in [1.29, 1.82) is 0 Å². The number of morpholine rings is 1. The Kier molecular flexibility index (Phi) is 6.50. The average molecular weight is 374 g/mol. The van der Waals surface area contributed by atoms with Gasteiger partial charge in [0.25, 0.3) is 0 Å². The van der Waals surface area contributed by atoms with Crippen molar-refractivity contribution < 1.29 is 9.47 Å². The second-order valence-corrected chi connectivity index (χ2v) is 6.67. The summed E-state index contributed by atoms with van der Waals surface area (Å²) in [6, 6.07) is 13.7. The highest BCUT2D eigenvalue weighted by Crippen LogP contribution is 2.23. The molecule has 138 valence electrons. The van der Waals surface area contributed by atoms with Gasteiger partial charge in [-0.3, -0.25) is 10.3 Å². The summed E-state index contributed by atoms with van der Waals surface area (Å²) in [5.74, 6) is 0.899. The molecule has 0 spiro atoms. The molecule has 3 rings (SSSR count). The van der Waals surface area contributed by atoms with Crippen molar-refractivity contribution in [3.63, 3.8) is 0 Å². The summed E-state index contributed by atoms with van der Waals surface area (Å²) in [6.07, 6.45) is 0. The van der Waals surface area contributed by atoms with Gasteiger partial charge in [0.1, 0.15) is 5.75 Å². The van der Waals surface area contributed by atoms with Crippen LogP contribution in [-0.4, -0.2) is 44.0 Å². The van der Waals surface area contributed by atoms with Crippen LogP contribution in [0.3, 0.4) is 0 Å². The van der Waals surface area contributed by atoms with Gasteiger partial charge in [0.2, 0.25) is 0 Å². The fourth-order valence-electron chi connectivity index (χ4n) is 2.90. The van der Waals surface area contributed by atoms with E-state index in [0.29, 0.717) is 5.02 Å². The number of hydrogen-bond donors (Lipinski definition) is 1. The van der Waals surface area contributed by atoms with Gasteiger partial charge in [0.05, 0.1) is 31.7 Å². The third kappa shape index (κ3) is 4.97. The van der Waals surface area contributed by atoms with E-state index in [1.54, 1.807) is 7.11 Å². The second kappa shape index (κ2) is 9.03. The lowest BCUT2D eigenvalue weighted by Gasteiger charge is -2.27. The summed E-state index contributed by atoms with van der Waals surface area (Å²) in [5.41, 5.74) is 7.03. The summed E-state index contributed by atoms with van der Waals surface area (Å²) in [4.78, 5) is 2.38. The molecule has 0 bridgehead atoms. The maximum Gasteiger partial charge on any atom is 0.123 e. The van der Waals surface area contributed by atoms with Gasteiger partial charge in [-0.15, -0.1) is 0 Å². The van der Waals surface area contributed by atoms with Crippen LogP contribution in [0.5, 0.6) is 5.75 Å². The summed E-state index contributed by atoms with van der Waals surface area (Å²) in [7, 11) is 1.71. The van der Waals surface area contributed by atoms with Crippen LogP contribution in [0.2, 0.25) is 5.02 Å². The molecule has 5 nitrogen and oxygen atoms in total. The van der Waals surface area contributed by atoms with Crippen molar-refractivity contribution in [2.24, 2.45) is 5.10 Å². The van der Waals surface area contributed by atoms with Crippen molar-refractivity contribution in [3.05, 3.63) is 58.6 Å². The lowest BCUT2D eigenvalue weighted by molar-refractivity contribution is 0.0339. The van der Waals surface area contributed by atoms with Gasteiger partial charge in [0, 0.05) is 30.2 Å². The first kappa shape index (κ1) is 18.7. The predicted octanol–water partition coefficient (Wildman–Crippen LogP) is 4.02. The summed E-state index contributed by atoms with van der Waals surface area (Å²) < 4.78 is 11.0. The van der Waals surface area contributed by atoms with Crippen LogP contribution in [-0.2, 0) is 11.3 Å². The summed E-state index contributed by atoms with van der Waals surface area (Å²) >= 11 is 6.01. The number of rotatable bonds is 6. The zero-order valence-corrected chi connectivity index (χ0v) is 15.9. The minimum atomic E-state index is 0.681.